The number of rotatable bonds is 4. The zero-order chi connectivity index (χ0) is 17.4. The molecule has 1 aromatic heterocycles. The Balaban J connectivity index is 1.54. The van der Waals surface area contributed by atoms with Gasteiger partial charge in [-0.2, -0.15) is 8.78 Å². The van der Waals surface area contributed by atoms with Gasteiger partial charge in [0.25, 0.3) is 5.91 Å². The van der Waals surface area contributed by atoms with Gasteiger partial charge in [0.05, 0.1) is 0 Å². The highest BCUT2D eigenvalue weighted by atomic mass is 19.3. The van der Waals surface area contributed by atoms with Crippen molar-refractivity contribution in [3.05, 3.63) is 23.9 Å². The number of pyridine rings is 1. The largest absolute Gasteiger partial charge is 0.383 e. The lowest BCUT2D eigenvalue weighted by atomic mass is 9.75. The summed E-state index contributed by atoms with van der Waals surface area (Å²) in [5, 5.41) is 12.2. The van der Waals surface area contributed by atoms with E-state index in [1.54, 1.807) is 0 Å². The predicted molar refractivity (Wildman–Crippen MR) is 86.1 cm³/mol. The van der Waals surface area contributed by atoms with Crippen molar-refractivity contribution in [1.29, 1.82) is 0 Å². The Morgan fingerprint density at radius 2 is 2.04 bits per heavy atom. The molecule has 1 aliphatic carbocycles. The van der Waals surface area contributed by atoms with Crippen LogP contribution in [0.1, 0.15) is 37.8 Å². The summed E-state index contributed by atoms with van der Waals surface area (Å²) in [7, 11) is 0. The van der Waals surface area contributed by atoms with Crippen LogP contribution < -0.4 is 10.2 Å². The summed E-state index contributed by atoms with van der Waals surface area (Å²) in [6, 6.07) is 5.48. The molecule has 24 heavy (non-hydrogen) atoms. The number of aryl methyl sites for hydroxylation is 1. The van der Waals surface area contributed by atoms with E-state index in [0.29, 0.717) is 32.4 Å². The van der Waals surface area contributed by atoms with Gasteiger partial charge in [-0.25, -0.2) is 4.98 Å². The van der Waals surface area contributed by atoms with Crippen molar-refractivity contribution in [3.8, 4) is 0 Å². The summed E-state index contributed by atoms with van der Waals surface area (Å²) in [5.74, 6) is -4.20. The molecule has 3 rings (SSSR count). The maximum Gasteiger partial charge on any atom is 0.352 e. The highest BCUT2D eigenvalue weighted by Gasteiger charge is 2.61. The third-order valence-electron chi connectivity index (χ3n) is 5.08. The number of alkyl halides is 2. The minimum absolute atomic E-state index is 0.0229. The molecule has 1 saturated heterocycles. The number of nitrogens with zero attached hydrogens (tertiary/aromatic N) is 2. The topological polar surface area (TPSA) is 65.5 Å². The van der Waals surface area contributed by atoms with E-state index in [0.717, 1.165) is 11.5 Å². The molecule has 0 atom stereocenters. The van der Waals surface area contributed by atoms with Crippen LogP contribution in [0.3, 0.4) is 0 Å². The van der Waals surface area contributed by atoms with E-state index in [9.17, 15) is 18.7 Å². The minimum atomic E-state index is -3.72. The van der Waals surface area contributed by atoms with E-state index in [4.69, 9.17) is 0 Å². The van der Waals surface area contributed by atoms with Crippen LogP contribution in [-0.4, -0.2) is 46.7 Å². The Morgan fingerprint density at radius 3 is 2.58 bits per heavy atom. The maximum absolute atomic E-state index is 14.1. The average Bonchev–Trinajstić information content (AvgIpc) is 2.53. The first-order chi connectivity index (χ1) is 11.3. The molecule has 5 nitrogen and oxygen atoms in total. The van der Waals surface area contributed by atoms with Gasteiger partial charge in [-0.15, -0.1) is 0 Å². The van der Waals surface area contributed by atoms with Gasteiger partial charge < -0.3 is 15.3 Å². The predicted octanol–water partition coefficient (Wildman–Crippen LogP) is 2.03. The molecule has 1 aromatic rings. The van der Waals surface area contributed by atoms with E-state index in [1.165, 1.54) is 0 Å². The van der Waals surface area contributed by atoms with E-state index in [-0.39, 0.29) is 18.9 Å². The van der Waals surface area contributed by atoms with Gasteiger partial charge in [0.15, 0.2) is 0 Å². The Morgan fingerprint density at radius 1 is 1.38 bits per heavy atom. The molecule has 1 saturated carbocycles. The highest BCUT2D eigenvalue weighted by molar-refractivity contribution is 5.85. The van der Waals surface area contributed by atoms with Crippen LogP contribution in [0.15, 0.2) is 18.2 Å². The van der Waals surface area contributed by atoms with E-state index < -0.39 is 17.4 Å². The molecule has 2 N–H and O–H groups in total. The number of hydrogen-bond donors (Lipinski definition) is 2. The first kappa shape index (κ1) is 17.1. The SMILES string of the molecule is Cc1cccc(N2CCC(NC(=O)C(F)(F)C3(O)CCC3)CC2)n1. The molecule has 1 amide bonds. The van der Waals surface area contributed by atoms with Crippen LogP contribution >= 0.6 is 0 Å². The molecule has 7 heteroatoms. The van der Waals surface area contributed by atoms with Crippen molar-refractivity contribution in [2.75, 3.05) is 18.0 Å². The summed E-state index contributed by atoms with van der Waals surface area (Å²) in [6.45, 7) is 3.22. The van der Waals surface area contributed by atoms with Crippen molar-refractivity contribution < 1.29 is 18.7 Å². The Labute approximate surface area is 140 Å². The smallest absolute Gasteiger partial charge is 0.352 e. The molecule has 0 aromatic carbocycles. The summed E-state index contributed by atoms with van der Waals surface area (Å²) < 4.78 is 28.2. The van der Waals surface area contributed by atoms with Crippen molar-refractivity contribution in [1.82, 2.24) is 10.3 Å². The van der Waals surface area contributed by atoms with Gasteiger partial charge in [0.1, 0.15) is 11.4 Å². The van der Waals surface area contributed by atoms with Gasteiger partial charge in [-0.05, 0) is 51.2 Å². The molecule has 132 valence electrons. The number of carbonyl (C=O) groups is 1. The fourth-order valence-corrected chi connectivity index (χ4v) is 3.27. The fourth-order valence-electron chi connectivity index (χ4n) is 3.27. The third-order valence-corrected chi connectivity index (χ3v) is 5.08. The van der Waals surface area contributed by atoms with Crippen LogP contribution in [0.4, 0.5) is 14.6 Å². The van der Waals surface area contributed by atoms with Gasteiger partial charge >= 0.3 is 5.92 Å². The van der Waals surface area contributed by atoms with E-state index in [1.807, 2.05) is 25.1 Å². The monoisotopic (exact) mass is 339 g/mol. The molecular weight excluding hydrogens is 316 g/mol. The van der Waals surface area contributed by atoms with Crippen molar-refractivity contribution >= 4 is 11.7 Å². The number of piperidine rings is 1. The van der Waals surface area contributed by atoms with Crippen molar-refractivity contribution in [2.24, 2.45) is 0 Å². The average molecular weight is 339 g/mol. The lowest BCUT2D eigenvalue weighted by molar-refractivity contribution is -0.216. The van der Waals surface area contributed by atoms with Crippen LogP contribution in [0.25, 0.3) is 0 Å². The lowest BCUT2D eigenvalue weighted by Crippen LogP contribution is -2.62. The second-order valence-electron chi connectivity index (χ2n) is 6.83. The van der Waals surface area contributed by atoms with Crippen LogP contribution in [0.2, 0.25) is 0 Å². The summed E-state index contributed by atoms with van der Waals surface area (Å²) in [4.78, 5) is 18.5. The van der Waals surface area contributed by atoms with Crippen LogP contribution in [0.5, 0.6) is 0 Å². The first-order valence-corrected chi connectivity index (χ1v) is 8.42. The fraction of sp³-hybridized carbons (Fsp3) is 0.647. The summed E-state index contributed by atoms with van der Waals surface area (Å²) >= 11 is 0. The number of aromatic nitrogens is 1. The zero-order valence-electron chi connectivity index (χ0n) is 13.8. The molecule has 0 spiro atoms. The standard InChI is InChI=1S/C17H23F2N3O2/c1-12-4-2-5-14(20-12)22-10-6-13(7-11-22)21-15(23)17(18,19)16(24)8-3-9-16/h2,4-5,13,24H,3,6-11H2,1H3,(H,21,23). The number of aliphatic hydroxyl groups is 1. The Bertz CT molecular complexity index is 612. The molecule has 0 radical (unpaired) electrons. The van der Waals surface area contributed by atoms with Gasteiger partial charge in [-0.1, -0.05) is 6.07 Å². The molecular formula is C17H23F2N3O2. The lowest BCUT2D eigenvalue weighted by Gasteiger charge is -2.42. The van der Waals surface area contributed by atoms with E-state index >= 15 is 0 Å². The van der Waals surface area contributed by atoms with Crippen LogP contribution in [-0.2, 0) is 4.79 Å². The normalized spacial score (nSPS) is 21.2. The summed E-state index contributed by atoms with van der Waals surface area (Å²) in [6.07, 6.45) is 1.64. The Kier molecular flexibility index (Phi) is 4.46. The van der Waals surface area contributed by atoms with Gasteiger partial charge in [-0.3, -0.25) is 4.79 Å². The zero-order valence-corrected chi connectivity index (χ0v) is 13.8. The number of halogens is 2. The number of amides is 1. The quantitative estimate of drug-likeness (QED) is 0.881. The molecule has 0 bridgehead atoms. The molecule has 2 aliphatic rings. The Hall–Kier alpha value is -1.76. The van der Waals surface area contributed by atoms with Gasteiger partial charge in [0, 0.05) is 24.8 Å². The molecule has 2 fully saturated rings. The number of anilines is 1. The van der Waals surface area contributed by atoms with Gasteiger partial charge in [0.2, 0.25) is 0 Å². The number of nitrogens with one attached hydrogen (secondary N) is 1. The van der Waals surface area contributed by atoms with Crippen molar-refractivity contribution in [2.45, 2.75) is 56.6 Å². The second kappa shape index (κ2) is 6.27. The minimum Gasteiger partial charge on any atom is -0.383 e. The molecule has 2 heterocycles. The highest BCUT2D eigenvalue weighted by Crippen LogP contribution is 2.44. The molecule has 1 aliphatic heterocycles. The summed E-state index contributed by atoms with van der Waals surface area (Å²) in [5.41, 5.74) is -1.24. The maximum atomic E-state index is 14.1. The third kappa shape index (κ3) is 3.09. The second-order valence-corrected chi connectivity index (χ2v) is 6.83. The van der Waals surface area contributed by atoms with Crippen LogP contribution in [0, 0.1) is 6.92 Å². The number of carbonyl (C=O) groups excluding carboxylic acids is 1. The molecule has 0 unspecified atom stereocenters. The van der Waals surface area contributed by atoms with E-state index in [2.05, 4.69) is 15.2 Å². The number of hydrogen-bond acceptors (Lipinski definition) is 4. The van der Waals surface area contributed by atoms with Crippen molar-refractivity contribution in [3.63, 3.8) is 0 Å². The first-order valence-electron chi connectivity index (χ1n) is 8.42.